The van der Waals surface area contributed by atoms with Gasteiger partial charge in [-0.25, -0.2) is 17.5 Å². The van der Waals surface area contributed by atoms with Crippen LogP contribution in [0.1, 0.15) is 20.8 Å². The Kier molecular flexibility index (Phi) is 6.61. The zero-order valence-electron chi connectivity index (χ0n) is 14.5. The summed E-state index contributed by atoms with van der Waals surface area (Å²) in [4.78, 5) is 13.3. The fourth-order valence-corrected chi connectivity index (χ4v) is 4.60. The summed E-state index contributed by atoms with van der Waals surface area (Å²) < 4.78 is 41.5. The summed E-state index contributed by atoms with van der Waals surface area (Å²) in [5, 5.41) is 4.53. The molecule has 3 aromatic rings. The van der Waals surface area contributed by atoms with Crippen molar-refractivity contribution in [3.63, 3.8) is 0 Å². The fourth-order valence-electron chi connectivity index (χ4n) is 2.42. The lowest BCUT2D eigenvalue weighted by molar-refractivity contribution is 0.0950. The number of carbonyl (C=O) groups is 1. The number of hydrogen-bond acceptors (Lipinski definition) is 4. The van der Waals surface area contributed by atoms with Gasteiger partial charge in [-0.2, -0.15) is 0 Å². The van der Waals surface area contributed by atoms with Crippen molar-refractivity contribution < 1.29 is 17.6 Å². The maximum atomic E-state index is 13.3. The van der Waals surface area contributed by atoms with Gasteiger partial charge in [0, 0.05) is 28.0 Å². The van der Waals surface area contributed by atoms with Crippen LogP contribution in [-0.2, 0) is 23.1 Å². The van der Waals surface area contributed by atoms with E-state index in [4.69, 9.17) is 0 Å². The van der Waals surface area contributed by atoms with E-state index in [1.54, 1.807) is 6.07 Å². The lowest BCUT2D eigenvalue weighted by Crippen LogP contribution is -2.25. The Bertz CT molecular complexity index is 1090. The summed E-state index contributed by atoms with van der Waals surface area (Å²) >= 11 is 4.76. The number of benzene rings is 2. The molecule has 1 amide bonds. The first-order valence-corrected chi connectivity index (χ1v) is 11.3. The smallest absolute Gasteiger partial charge is 0.251 e. The van der Waals surface area contributed by atoms with E-state index >= 15 is 0 Å². The number of carbonyl (C=O) groups excluding carboxylic acids is 1. The summed E-state index contributed by atoms with van der Waals surface area (Å²) in [5.74, 6) is -0.858. The topological polar surface area (TPSA) is 75.3 Å². The first-order chi connectivity index (χ1) is 13.3. The minimum Gasteiger partial charge on any atom is -0.348 e. The second kappa shape index (κ2) is 8.95. The molecule has 5 nitrogen and oxygen atoms in total. The molecule has 0 saturated carbocycles. The minimum absolute atomic E-state index is 0.00337. The van der Waals surface area contributed by atoms with Crippen molar-refractivity contribution in [2.45, 2.75) is 18.0 Å². The SMILES string of the molecule is O=C(NCc1cc(F)ccc1Br)c1cccc(S(=O)(=O)NCc2cccs2)c1. The molecule has 0 fully saturated rings. The van der Waals surface area contributed by atoms with Gasteiger partial charge in [-0.15, -0.1) is 11.3 Å². The molecule has 146 valence electrons. The number of nitrogens with one attached hydrogen (secondary N) is 2. The molecule has 0 atom stereocenters. The van der Waals surface area contributed by atoms with Gasteiger partial charge < -0.3 is 5.32 Å². The molecular formula is C19H16BrFN2O3S2. The van der Waals surface area contributed by atoms with Crippen molar-refractivity contribution in [1.29, 1.82) is 0 Å². The quantitative estimate of drug-likeness (QED) is 0.533. The van der Waals surface area contributed by atoms with Gasteiger partial charge in [0.15, 0.2) is 0 Å². The van der Waals surface area contributed by atoms with E-state index in [1.165, 1.54) is 47.7 Å². The third kappa shape index (κ3) is 5.26. The van der Waals surface area contributed by atoms with Gasteiger partial charge in [0.25, 0.3) is 5.91 Å². The summed E-state index contributed by atoms with van der Waals surface area (Å²) in [5.41, 5.74) is 0.779. The van der Waals surface area contributed by atoms with Crippen molar-refractivity contribution >= 4 is 43.2 Å². The maximum Gasteiger partial charge on any atom is 0.251 e. The minimum atomic E-state index is -3.75. The fraction of sp³-hybridized carbons (Fsp3) is 0.105. The van der Waals surface area contributed by atoms with E-state index < -0.39 is 21.7 Å². The van der Waals surface area contributed by atoms with Crippen LogP contribution in [0.25, 0.3) is 0 Å². The van der Waals surface area contributed by atoms with Gasteiger partial charge in [0.1, 0.15) is 5.82 Å². The normalized spacial score (nSPS) is 11.4. The number of thiophene rings is 1. The summed E-state index contributed by atoms with van der Waals surface area (Å²) in [6.45, 7) is 0.287. The van der Waals surface area contributed by atoms with E-state index in [0.29, 0.717) is 10.0 Å². The molecular weight excluding hydrogens is 467 g/mol. The van der Waals surface area contributed by atoms with Crippen LogP contribution < -0.4 is 10.0 Å². The first-order valence-electron chi connectivity index (χ1n) is 8.19. The van der Waals surface area contributed by atoms with Crippen LogP contribution in [0.15, 0.2) is 69.3 Å². The highest BCUT2D eigenvalue weighted by Crippen LogP contribution is 2.18. The first kappa shape index (κ1) is 20.7. The van der Waals surface area contributed by atoms with E-state index in [0.717, 1.165) is 4.88 Å². The van der Waals surface area contributed by atoms with Crippen LogP contribution in [0.2, 0.25) is 0 Å². The zero-order chi connectivity index (χ0) is 20.1. The third-order valence-corrected chi connectivity index (χ3v) is 6.92. The Morgan fingerprint density at radius 1 is 1.07 bits per heavy atom. The van der Waals surface area contributed by atoms with E-state index in [1.807, 2.05) is 17.5 Å². The van der Waals surface area contributed by atoms with Crippen LogP contribution in [0.5, 0.6) is 0 Å². The lowest BCUT2D eigenvalue weighted by atomic mass is 10.2. The Hall–Kier alpha value is -2.07. The van der Waals surface area contributed by atoms with Crippen LogP contribution in [0.4, 0.5) is 4.39 Å². The van der Waals surface area contributed by atoms with Crippen LogP contribution in [-0.4, -0.2) is 14.3 Å². The summed E-state index contributed by atoms with van der Waals surface area (Å²) in [7, 11) is -3.75. The van der Waals surface area contributed by atoms with Crippen molar-refractivity contribution in [1.82, 2.24) is 10.0 Å². The second-order valence-electron chi connectivity index (χ2n) is 5.85. The average Bonchev–Trinajstić information content (AvgIpc) is 3.21. The highest BCUT2D eigenvalue weighted by atomic mass is 79.9. The molecule has 0 bridgehead atoms. The van der Waals surface area contributed by atoms with Crippen molar-refractivity contribution in [2.24, 2.45) is 0 Å². The van der Waals surface area contributed by atoms with Crippen LogP contribution in [0, 0.1) is 5.82 Å². The number of hydrogen-bond donors (Lipinski definition) is 2. The molecule has 0 aliphatic rings. The molecule has 9 heteroatoms. The molecule has 2 N–H and O–H groups in total. The summed E-state index contributed by atoms with van der Waals surface area (Å²) in [6.07, 6.45) is 0. The van der Waals surface area contributed by atoms with Crippen LogP contribution in [0.3, 0.4) is 0 Å². The van der Waals surface area contributed by atoms with E-state index in [-0.39, 0.29) is 23.5 Å². The number of amides is 1. The molecule has 1 heterocycles. The number of rotatable bonds is 7. The number of halogens is 2. The predicted molar refractivity (Wildman–Crippen MR) is 110 cm³/mol. The van der Waals surface area contributed by atoms with Gasteiger partial charge in [0.05, 0.1) is 4.90 Å². The van der Waals surface area contributed by atoms with Crippen LogP contribution >= 0.6 is 27.3 Å². The van der Waals surface area contributed by atoms with Crippen molar-refractivity contribution in [3.8, 4) is 0 Å². The molecule has 0 unspecified atom stereocenters. The standard InChI is InChI=1S/C19H16BrFN2O3S2/c20-18-7-6-15(21)9-14(18)11-22-19(24)13-3-1-5-17(10-13)28(25,26)23-12-16-4-2-8-27-16/h1-10,23H,11-12H2,(H,22,24). The van der Waals surface area contributed by atoms with Crippen molar-refractivity contribution in [3.05, 3.63) is 86.3 Å². The third-order valence-electron chi connectivity index (χ3n) is 3.87. The summed E-state index contributed by atoms with van der Waals surface area (Å²) in [6, 6.07) is 13.6. The van der Waals surface area contributed by atoms with E-state index in [9.17, 15) is 17.6 Å². The second-order valence-corrected chi connectivity index (χ2v) is 9.50. The Balaban J connectivity index is 1.69. The van der Waals surface area contributed by atoms with Gasteiger partial charge in [-0.05, 0) is 53.4 Å². The predicted octanol–water partition coefficient (Wildman–Crippen LogP) is 4.06. The molecule has 0 spiro atoms. The molecule has 0 saturated heterocycles. The molecule has 3 rings (SSSR count). The number of sulfonamides is 1. The average molecular weight is 483 g/mol. The highest BCUT2D eigenvalue weighted by molar-refractivity contribution is 9.10. The molecule has 2 aromatic carbocycles. The molecule has 28 heavy (non-hydrogen) atoms. The largest absolute Gasteiger partial charge is 0.348 e. The molecule has 1 aromatic heterocycles. The molecule has 0 aliphatic carbocycles. The lowest BCUT2D eigenvalue weighted by Gasteiger charge is -2.10. The Morgan fingerprint density at radius 2 is 1.89 bits per heavy atom. The molecule has 0 radical (unpaired) electrons. The highest BCUT2D eigenvalue weighted by Gasteiger charge is 2.16. The Morgan fingerprint density at radius 3 is 2.64 bits per heavy atom. The van der Waals surface area contributed by atoms with Gasteiger partial charge in [0.2, 0.25) is 10.0 Å². The van der Waals surface area contributed by atoms with Gasteiger partial charge >= 0.3 is 0 Å². The van der Waals surface area contributed by atoms with Gasteiger partial charge in [-0.1, -0.05) is 28.1 Å². The Labute approximate surface area is 174 Å². The van der Waals surface area contributed by atoms with Crippen molar-refractivity contribution in [2.75, 3.05) is 0 Å². The monoisotopic (exact) mass is 482 g/mol. The molecule has 0 aliphatic heterocycles. The zero-order valence-corrected chi connectivity index (χ0v) is 17.7. The van der Waals surface area contributed by atoms with Gasteiger partial charge in [-0.3, -0.25) is 4.79 Å². The maximum absolute atomic E-state index is 13.3. The van der Waals surface area contributed by atoms with E-state index in [2.05, 4.69) is 26.0 Å².